The third kappa shape index (κ3) is 3.64. The van der Waals surface area contributed by atoms with Gasteiger partial charge in [-0.15, -0.1) is 0 Å². The molecule has 0 saturated heterocycles. The van der Waals surface area contributed by atoms with Crippen molar-refractivity contribution in [2.45, 2.75) is 12.8 Å². The maximum atomic E-state index is 12.8. The lowest BCUT2D eigenvalue weighted by atomic mass is 10.3. The Bertz CT molecular complexity index is 293. The van der Waals surface area contributed by atoms with Crippen LogP contribution in [0.1, 0.15) is 12.8 Å². The maximum Gasteiger partial charge on any atom is 0.125 e. The molecular formula is C10H13BrFNO. The fraction of sp³-hybridized carbons (Fsp3) is 0.400. The third-order valence-corrected chi connectivity index (χ3v) is 2.52. The monoisotopic (exact) mass is 261 g/mol. The summed E-state index contributed by atoms with van der Waals surface area (Å²) in [6.07, 6.45) is 1.64. The lowest BCUT2D eigenvalue weighted by molar-refractivity contribution is 0.286. The number of benzene rings is 1. The Hall–Kier alpha value is -0.610. The van der Waals surface area contributed by atoms with Crippen LogP contribution in [0.15, 0.2) is 22.7 Å². The number of nitrogens with one attached hydrogen (secondary N) is 1. The van der Waals surface area contributed by atoms with Crippen LogP contribution >= 0.6 is 15.9 Å². The van der Waals surface area contributed by atoms with Crippen LogP contribution in [0.4, 0.5) is 10.1 Å². The van der Waals surface area contributed by atoms with Crippen molar-refractivity contribution in [3.63, 3.8) is 0 Å². The van der Waals surface area contributed by atoms with Gasteiger partial charge in [0.25, 0.3) is 0 Å². The van der Waals surface area contributed by atoms with Gasteiger partial charge in [-0.05, 0) is 47.0 Å². The van der Waals surface area contributed by atoms with E-state index >= 15 is 0 Å². The number of aliphatic hydroxyl groups is 1. The minimum atomic E-state index is -0.252. The Labute approximate surface area is 91.3 Å². The SMILES string of the molecule is OCCCCNc1cc(F)ccc1Br. The molecule has 4 heteroatoms. The number of halogens is 2. The van der Waals surface area contributed by atoms with Crippen molar-refractivity contribution in [1.82, 2.24) is 0 Å². The van der Waals surface area contributed by atoms with E-state index in [1.807, 2.05) is 0 Å². The summed E-state index contributed by atoms with van der Waals surface area (Å²) in [4.78, 5) is 0. The van der Waals surface area contributed by atoms with Gasteiger partial charge in [0.2, 0.25) is 0 Å². The average molecular weight is 262 g/mol. The van der Waals surface area contributed by atoms with E-state index in [9.17, 15) is 4.39 Å². The predicted octanol–water partition coefficient (Wildman–Crippen LogP) is 2.77. The fourth-order valence-electron chi connectivity index (χ4n) is 1.09. The van der Waals surface area contributed by atoms with Gasteiger partial charge in [0.1, 0.15) is 5.82 Å². The zero-order valence-electron chi connectivity index (χ0n) is 7.76. The molecule has 0 heterocycles. The number of rotatable bonds is 5. The van der Waals surface area contributed by atoms with Gasteiger partial charge in [-0.3, -0.25) is 0 Å². The first kappa shape index (κ1) is 11.5. The summed E-state index contributed by atoms with van der Waals surface area (Å²) < 4.78 is 13.7. The molecule has 2 N–H and O–H groups in total. The molecule has 0 fully saturated rings. The Balaban J connectivity index is 2.45. The van der Waals surface area contributed by atoms with Crippen LogP contribution in [0.25, 0.3) is 0 Å². The Morgan fingerprint density at radius 3 is 2.86 bits per heavy atom. The van der Waals surface area contributed by atoms with Crippen LogP contribution in [0.5, 0.6) is 0 Å². The summed E-state index contributed by atoms with van der Waals surface area (Å²) in [6.45, 7) is 0.939. The molecule has 0 unspecified atom stereocenters. The summed E-state index contributed by atoms with van der Waals surface area (Å²) in [5.74, 6) is -0.252. The summed E-state index contributed by atoms with van der Waals surface area (Å²) in [5, 5.41) is 11.7. The first-order valence-corrected chi connectivity index (χ1v) is 5.33. The molecule has 0 spiro atoms. The molecular weight excluding hydrogens is 249 g/mol. The third-order valence-electron chi connectivity index (χ3n) is 1.83. The largest absolute Gasteiger partial charge is 0.396 e. The highest BCUT2D eigenvalue weighted by Crippen LogP contribution is 2.22. The van der Waals surface area contributed by atoms with Crippen molar-refractivity contribution in [3.05, 3.63) is 28.5 Å². The molecule has 0 amide bonds. The molecule has 1 aromatic carbocycles. The van der Waals surface area contributed by atoms with Gasteiger partial charge in [0.05, 0.1) is 5.69 Å². The standard InChI is InChI=1S/C10H13BrFNO/c11-9-4-3-8(12)7-10(9)13-5-1-2-6-14/h3-4,7,13-14H,1-2,5-6H2. The molecule has 0 bridgehead atoms. The van der Waals surface area contributed by atoms with Gasteiger partial charge in [-0.25, -0.2) is 4.39 Å². The fourth-order valence-corrected chi connectivity index (χ4v) is 1.48. The number of aliphatic hydroxyl groups excluding tert-OH is 1. The molecule has 0 aliphatic rings. The number of hydrogen-bond donors (Lipinski definition) is 2. The summed E-state index contributed by atoms with van der Waals surface area (Å²) in [5.41, 5.74) is 0.753. The second-order valence-corrected chi connectivity index (χ2v) is 3.84. The van der Waals surface area contributed by atoms with Crippen LogP contribution < -0.4 is 5.32 Å². The van der Waals surface area contributed by atoms with Gasteiger partial charge in [0, 0.05) is 17.6 Å². The van der Waals surface area contributed by atoms with Crippen molar-refractivity contribution in [1.29, 1.82) is 0 Å². The summed E-state index contributed by atoms with van der Waals surface area (Å²) >= 11 is 3.32. The molecule has 78 valence electrons. The molecule has 0 saturated carbocycles. The number of anilines is 1. The van der Waals surface area contributed by atoms with E-state index in [0.717, 1.165) is 29.5 Å². The molecule has 0 aliphatic carbocycles. The molecule has 1 aromatic rings. The molecule has 0 atom stereocenters. The first-order valence-electron chi connectivity index (χ1n) is 4.54. The van der Waals surface area contributed by atoms with Gasteiger partial charge in [0.15, 0.2) is 0 Å². The Morgan fingerprint density at radius 2 is 2.14 bits per heavy atom. The number of hydrogen-bond acceptors (Lipinski definition) is 2. The van der Waals surface area contributed by atoms with E-state index < -0.39 is 0 Å². The van der Waals surface area contributed by atoms with Gasteiger partial charge < -0.3 is 10.4 Å². The zero-order chi connectivity index (χ0) is 10.4. The van der Waals surface area contributed by atoms with E-state index in [0.29, 0.717) is 0 Å². The maximum absolute atomic E-state index is 12.8. The van der Waals surface area contributed by atoms with Crippen LogP contribution in [0.2, 0.25) is 0 Å². The van der Waals surface area contributed by atoms with Crippen molar-refractivity contribution >= 4 is 21.6 Å². The molecule has 2 nitrogen and oxygen atoms in total. The van der Waals surface area contributed by atoms with Crippen LogP contribution in [-0.2, 0) is 0 Å². The van der Waals surface area contributed by atoms with Crippen molar-refractivity contribution in [3.8, 4) is 0 Å². The molecule has 0 aliphatic heterocycles. The highest BCUT2D eigenvalue weighted by Gasteiger charge is 2.00. The van der Waals surface area contributed by atoms with Crippen LogP contribution in [0, 0.1) is 5.82 Å². The topological polar surface area (TPSA) is 32.3 Å². The van der Waals surface area contributed by atoms with Crippen molar-refractivity contribution in [2.24, 2.45) is 0 Å². The molecule has 14 heavy (non-hydrogen) atoms. The zero-order valence-corrected chi connectivity index (χ0v) is 9.35. The van der Waals surface area contributed by atoms with Crippen molar-refractivity contribution < 1.29 is 9.50 Å². The van der Waals surface area contributed by atoms with Gasteiger partial charge in [-0.2, -0.15) is 0 Å². The summed E-state index contributed by atoms with van der Waals surface area (Å²) in [6, 6.07) is 4.52. The quantitative estimate of drug-likeness (QED) is 0.800. The first-order chi connectivity index (χ1) is 6.74. The van der Waals surface area contributed by atoms with Crippen LogP contribution in [-0.4, -0.2) is 18.3 Å². The average Bonchev–Trinajstić information content (AvgIpc) is 2.18. The normalized spacial score (nSPS) is 10.2. The predicted molar refractivity (Wildman–Crippen MR) is 58.9 cm³/mol. The van der Waals surface area contributed by atoms with Crippen molar-refractivity contribution in [2.75, 3.05) is 18.5 Å². The lowest BCUT2D eigenvalue weighted by Gasteiger charge is -2.07. The van der Waals surface area contributed by atoms with E-state index in [4.69, 9.17) is 5.11 Å². The minimum absolute atomic E-state index is 0.200. The Morgan fingerprint density at radius 1 is 1.36 bits per heavy atom. The van der Waals surface area contributed by atoms with Gasteiger partial charge in [-0.1, -0.05) is 0 Å². The van der Waals surface area contributed by atoms with Crippen LogP contribution in [0.3, 0.4) is 0 Å². The highest BCUT2D eigenvalue weighted by molar-refractivity contribution is 9.10. The molecule has 0 aromatic heterocycles. The summed E-state index contributed by atoms with van der Waals surface area (Å²) in [7, 11) is 0. The molecule has 0 radical (unpaired) electrons. The second kappa shape index (κ2) is 5.98. The second-order valence-electron chi connectivity index (χ2n) is 2.98. The molecule has 1 rings (SSSR count). The minimum Gasteiger partial charge on any atom is -0.396 e. The van der Waals surface area contributed by atoms with E-state index in [1.54, 1.807) is 6.07 Å². The van der Waals surface area contributed by atoms with E-state index in [1.165, 1.54) is 12.1 Å². The van der Waals surface area contributed by atoms with E-state index in [-0.39, 0.29) is 12.4 Å². The Kier molecular flexibility index (Phi) is 4.90. The smallest absolute Gasteiger partial charge is 0.125 e. The lowest BCUT2D eigenvalue weighted by Crippen LogP contribution is -2.03. The van der Waals surface area contributed by atoms with Gasteiger partial charge >= 0.3 is 0 Å². The van der Waals surface area contributed by atoms with E-state index in [2.05, 4.69) is 21.2 Å². The number of unbranched alkanes of at least 4 members (excludes halogenated alkanes) is 1. The highest BCUT2D eigenvalue weighted by atomic mass is 79.9.